The molecule has 484 valence electrons. The van der Waals surface area contributed by atoms with E-state index < -0.39 is 86.8 Å². The normalized spacial score (nSPS) is 24.4. The van der Waals surface area contributed by atoms with Crippen molar-refractivity contribution in [3.63, 3.8) is 0 Å². The molecule has 0 aromatic heterocycles. The Morgan fingerprint density at radius 1 is 0.435 bits per heavy atom. The summed E-state index contributed by atoms with van der Waals surface area (Å²) >= 11 is 0. The van der Waals surface area contributed by atoms with Crippen LogP contribution in [0.2, 0.25) is 0 Å². The zero-order valence-corrected chi connectivity index (χ0v) is 52.3. The van der Waals surface area contributed by atoms with Gasteiger partial charge in [0.25, 0.3) is 0 Å². The summed E-state index contributed by atoms with van der Waals surface area (Å²) in [7, 11) is 0. The van der Waals surface area contributed by atoms with Gasteiger partial charge in [-0.25, -0.2) is 0 Å². The third-order valence-corrected chi connectivity index (χ3v) is 15.0. The van der Waals surface area contributed by atoms with Crippen molar-refractivity contribution in [1.82, 2.24) is 5.32 Å². The first-order chi connectivity index (χ1) is 41.6. The van der Waals surface area contributed by atoms with Gasteiger partial charge in [-0.3, -0.25) is 4.79 Å². The molecule has 12 unspecified atom stereocenters. The number of hydrogen-bond acceptors (Lipinski definition) is 13. The van der Waals surface area contributed by atoms with Gasteiger partial charge in [-0.1, -0.05) is 231 Å². The summed E-state index contributed by atoms with van der Waals surface area (Å²) in [5.41, 5.74) is 0. The first kappa shape index (κ1) is 77.2. The second-order valence-electron chi connectivity index (χ2n) is 22.5. The minimum atomic E-state index is -1.80. The molecule has 2 fully saturated rings. The van der Waals surface area contributed by atoms with Crippen molar-refractivity contribution in [1.29, 1.82) is 0 Å². The maximum absolute atomic E-state index is 13.3. The molecule has 0 saturated carbocycles. The number of aliphatic hydroxyl groups is 8. The van der Waals surface area contributed by atoms with Crippen LogP contribution in [0.5, 0.6) is 0 Å². The van der Waals surface area contributed by atoms with Gasteiger partial charge in [0.05, 0.1) is 32.0 Å². The summed E-state index contributed by atoms with van der Waals surface area (Å²) in [5, 5.41) is 87.1. The molecule has 0 radical (unpaired) electrons. The lowest BCUT2D eigenvalue weighted by molar-refractivity contribution is -0.359. The lowest BCUT2D eigenvalue weighted by atomic mass is 9.97. The van der Waals surface area contributed by atoms with E-state index in [2.05, 4.69) is 141 Å². The van der Waals surface area contributed by atoms with E-state index in [0.29, 0.717) is 12.8 Å². The maximum atomic E-state index is 13.3. The summed E-state index contributed by atoms with van der Waals surface area (Å²) < 4.78 is 22.8. The van der Waals surface area contributed by atoms with E-state index in [0.717, 1.165) is 103 Å². The molecular weight excluding hydrogens is 1070 g/mol. The van der Waals surface area contributed by atoms with Crippen molar-refractivity contribution < 1.29 is 64.6 Å². The predicted molar refractivity (Wildman–Crippen MR) is 345 cm³/mol. The van der Waals surface area contributed by atoms with Gasteiger partial charge in [-0.15, -0.1) is 0 Å². The number of aliphatic hydroxyl groups excluding tert-OH is 8. The van der Waals surface area contributed by atoms with E-state index in [1.165, 1.54) is 77.0 Å². The number of hydrogen-bond donors (Lipinski definition) is 9. The molecular formula is C71H117NO13. The quantitative estimate of drug-likeness (QED) is 0.0204. The smallest absolute Gasteiger partial charge is 0.220 e. The zero-order valence-electron chi connectivity index (χ0n) is 52.3. The first-order valence-electron chi connectivity index (χ1n) is 32.9. The second kappa shape index (κ2) is 54.3. The third-order valence-electron chi connectivity index (χ3n) is 15.0. The Balaban J connectivity index is 1.64. The molecule has 14 nitrogen and oxygen atoms in total. The van der Waals surface area contributed by atoms with E-state index in [-0.39, 0.29) is 18.9 Å². The van der Waals surface area contributed by atoms with Crippen LogP contribution < -0.4 is 5.32 Å². The first-order valence-corrected chi connectivity index (χ1v) is 32.9. The number of ether oxygens (including phenoxy) is 4. The molecule has 12 atom stereocenters. The highest BCUT2D eigenvalue weighted by Crippen LogP contribution is 2.30. The van der Waals surface area contributed by atoms with Crippen molar-refractivity contribution >= 4 is 5.91 Å². The number of rotatable bonds is 51. The Hall–Kier alpha value is -3.87. The van der Waals surface area contributed by atoms with Gasteiger partial charge in [0.15, 0.2) is 12.6 Å². The lowest BCUT2D eigenvalue weighted by Crippen LogP contribution is -2.65. The molecule has 2 aliphatic rings. The molecule has 2 aliphatic heterocycles. The zero-order chi connectivity index (χ0) is 61.6. The Bertz CT molecular complexity index is 1940. The molecule has 2 rings (SSSR count). The van der Waals surface area contributed by atoms with Gasteiger partial charge in [-0.2, -0.15) is 0 Å². The van der Waals surface area contributed by atoms with E-state index in [1.54, 1.807) is 6.08 Å². The number of nitrogens with one attached hydrogen (secondary N) is 1. The molecule has 1 amide bonds. The van der Waals surface area contributed by atoms with Gasteiger partial charge in [0.2, 0.25) is 5.91 Å². The van der Waals surface area contributed by atoms with Crippen molar-refractivity contribution in [3.05, 3.63) is 134 Å². The molecule has 0 spiro atoms. The van der Waals surface area contributed by atoms with E-state index in [9.17, 15) is 45.6 Å². The van der Waals surface area contributed by atoms with Crippen LogP contribution in [0.4, 0.5) is 0 Å². The highest BCUT2D eigenvalue weighted by atomic mass is 16.7. The average molecular weight is 1190 g/mol. The van der Waals surface area contributed by atoms with E-state index in [4.69, 9.17) is 18.9 Å². The molecule has 9 N–H and O–H groups in total. The topological polar surface area (TPSA) is 228 Å². The van der Waals surface area contributed by atoms with Crippen molar-refractivity contribution in [2.24, 2.45) is 0 Å². The second-order valence-corrected chi connectivity index (χ2v) is 22.5. The van der Waals surface area contributed by atoms with Crippen LogP contribution in [0, 0.1) is 0 Å². The maximum Gasteiger partial charge on any atom is 0.220 e. The molecule has 85 heavy (non-hydrogen) atoms. The van der Waals surface area contributed by atoms with Gasteiger partial charge < -0.3 is 65.1 Å². The monoisotopic (exact) mass is 1190 g/mol. The van der Waals surface area contributed by atoms with Crippen LogP contribution in [0.1, 0.15) is 213 Å². The van der Waals surface area contributed by atoms with Crippen molar-refractivity contribution in [3.8, 4) is 0 Å². The fraction of sp³-hybridized carbons (Fsp3) is 0.676. The molecule has 0 bridgehead atoms. The number of unbranched alkanes of at least 4 members (excludes halogenated alkanes) is 18. The Kier molecular flexibility index (Phi) is 49.3. The van der Waals surface area contributed by atoms with Gasteiger partial charge in [-0.05, 0) is 109 Å². The van der Waals surface area contributed by atoms with Crippen LogP contribution in [-0.2, 0) is 23.7 Å². The van der Waals surface area contributed by atoms with E-state index >= 15 is 0 Å². The van der Waals surface area contributed by atoms with Crippen molar-refractivity contribution in [2.45, 2.75) is 286 Å². The highest BCUT2D eigenvalue weighted by molar-refractivity contribution is 5.76. The predicted octanol–water partition coefficient (Wildman–Crippen LogP) is 12.7. The third kappa shape index (κ3) is 38.9. The molecule has 2 saturated heterocycles. The highest BCUT2D eigenvalue weighted by Gasteiger charge is 2.51. The Labute approximate surface area is 513 Å². The van der Waals surface area contributed by atoms with Crippen LogP contribution >= 0.6 is 0 Å². The molecule has 2 heterocycles. The van der Waals surface area contributed by atoms with Gasteiger partial charge in [0.1, 0.15) is 48.8 Å². The number of allylic oxidation sites excluding steroid dienone is 21. The number of carbonyl (C=O) groups is 1. The molecule has 0 aliphatic carbocycles. The van der Waals surface area contributed by atoms with Crippen LogP contribution in [-0.4, -0.2) is 140 Å². The summed E-state index contributed by atoms with van der Waals surface area (Å²) in [6, 6.07) is -0.947. The number of carbonyl (C=O) groups excluding carboxylic acids is 1. The van der Waals surface area contributed by atoms with Crippen molar-refractivity contribution in [2.75, 3.05) is 19.8 Å². The largest absolute Gasteiger partial charge is 0.394 e. The Morgan fingerprint density at radius 3 is 1.29 bits per heavy atom. The number of amides is 1. The fourth-order valence-corrected chi connectivity index (χ4v) is 9.81. The summed E-state index contributed by atoms with van der Waals surface area (Å²) in [5.74, 6) is -0.262. The summed E-state index contributed by atoms with van der Waals surface area (Å²) in [6.45, 7) is 2.61. The lowest BCUT2D eigenvalue weighted by Gasteiger charge is -2.46. The Morgan fingerprint density at radius 2 is 0.824 bits per heavy atom. The summed E-state index contributed by atoms with van der Waals surface area (Å²) in [4.78, 5) is 13.3. The minimum absolute atomic E-state index is 0.259. The van der Waals surface area contributed by atoms with Crippen LogP contribution in [0.3, 0.4) is 0 Å². The minimum Gasteiger partial charge on any atom is -0.394 e. The van der Waals surface area contributed by atoms with Gasteiger partial charge in [0, 0.05) is 6.42 Å². The SMILES string of the molecule is CC/C=C\C/C=C\C/C=C\C/C=C\C/C=C\C/C=C\C/C=C\C/C=C\CCCCCCCCCCCCCCC(=O)NC(COC1OC(CO)C(OC2OC(CO)C(O)C(O)C2O)C(O)C1O)C(O)/C=C/CC/C=C/CC/C=C/CCCCCC. The van der Waals surface area contributed by atoms with Gasteiger partial charge >= 0.3 is 0 Å². The van der Waals surface area contributed by atoms with Crippen LogP contribution in [0.15, 0.2) is 134 Å². The van der Waals surface area contributed by atoms with E-state index in [1.807, 2.05) is 6.08 Å². The molecule has 14 heteroatoms. The standard InChI is InChI=1S/C71H117NO13/c1-3-5-7-9-11-13-15-17-19-20-21-22-23-24-25-26-27-28-29-30-31-32-33-34-35-36-37-38-39-40-41-43-45-47-49-51-53-55-63(76)72-59(60(75)54-52-50-48-46-44-42-18-16-14-12-10-8-6-4-2)58-82-70-68(81)66(79)69(62(57-74)84-70)85-71-67(80)65(78)64(77)61(56-73)83-71/h5,7,11,13-14,16-17,19,21-22,24-25,27-28,30-31,33-34,44,46,52,54,59-62,64-71,73-75,77-81H,3-4,6,8-10,12,15,18,20,23,26,29,32,35-43,45,47-51,53,55-58H2,1-2H3,(H,72,76)/b7-5-,13-11-,16-14+,19-17-,22-21-,25-24-,28-27-,31-30-,34-33-,46-44+,54-52+. The fourth-order valence-electron chi connectivity index (χ4n) is 9.81. The molecule has 0 aromatic carbocycles. The van der Waals surface area contributed by atoms with Crippen LogP contribution in [0.25, 0.3) is 0 Å². The molecule has 0 aromatic rings. The average Bonchev–Trinajstić information content (AvgIpc) is 3.65. The summed E-state index contributed by atoms with van der Waals surface area (Å²) in [6.07, 6.45) is 63.6.